The molecule has 0 radical (unpaired) electrons. The lowest BCUT2D eigenvalue weighted by molar-refractivity contribution is 0.197. The van der Waals surface area contributed by atoms with Gasteiger partial charge in [-0.05, 0) is 45.7 Å². The summed E-state index contributed by atoms with van der Waals surface area (Å²) in [6.07, 6.45) is 1.29. The van der Waals surface area contributed by atoms with Crippen molar-refractivity contribution >= 4 is 0 Å². The molecule has 16 heavy (non-hydrogen) atoms. The molecule has 0 aliphatic carbocycles. The van der Waals surface area contributed by atoms with Crippen molar-refractivity contribution in [3.05, 3.63) is 23.8 Å². The van der Waals surface area contributed by atoms with Crippen molar-refractivity contribution in [3.63, 3.8) is 0 Å². The molecule has 0 amide bonds. The quantitative estimate of drug-likeness (QED) is 0.754. The Morgan fingerprint density at radius 2 is 1.62 bits per heavy atom. The number of rotatable bonds is 5. The third kappa shape index (κ3) is 3.44. The van der Waals surface area contributed by atoms with Gasteiger partial charge in [-0.3, -0.25) is 0 Å². The lowest BCUT2D eigenvalue weighted by atomic mass is 10.1. The molecule has 0 aliphatic heterocycles. The summed E-state index contributed by atoms with van der Waals surface area (Å²) in [6, 6.07) is 6.07. The molecule has 1 aromatic carbocycles. The van der Waals surface area contributed by atoms with Crippen LogP contribution in [0.5, 0.6) is 11.5 Å². The molecular weight excluding hydrogens is 200 g/mol. The molecule has 0 saturated heterocycles. The average Bonchev–Trinajstić information content (AvgIpc) is 2.19. The molecular formula is C14H22O2. The van der Waals surface area contributed by atoms with Crippen LogP contribution in [0.15, 0.2) is 18.2 Å². The third-order valence-electron chi connectivity index (χ3n) is 2.16. The van der Waals surface area contributed by atoms with E-state index in [4.69, 9.17) is 9.47 Å². The monoisotopic (exact) mass is 222 g/mol. The molecule has 0 aliphatic rings. The summed E-state index contributed by atoms with van der Waals surface area (Å²) in [7, 11) is 0. The molecule has 0 spiro atoms. The maximum absolute atomic E-state index is 5.84. The van der Waals surface area contributed by atoms with E-state index in [9.17, 15) is 0 Å². The molecule has 90 valence electrons. The van der Waals surface area contributed by atoms with Crippen molar-refractivity contribution in [1.82, 2.24) is 0 Å². The molecule has 1 rings (SSSR count). The van der Waals surface area contributed by atoms with Gasteiger partial charge in [0.25, 0.3) is 0 Å². The van der Waals surface area contributed by atoms with Gasteiger partial charge in [-0.15, -0.1) is 0 Å². The zero-order chi connectivity index (χ0) is 12.1. The lowest BCUT2D eigenvalue weighted by Crippen LogP contribution is -2.12. The predicted octanol–water partition coefficient (Wildman–Crippen LogP) is 3.82. The van der Waals surface area contributed by atoms with Gasteiger partial charge in [0.05, 0.1) is 12.2 Å². The van der Waals surface area contributed by atoms with Crippen LogP contribution in [-0.2, 0) is 6.42 Å². The maximum Gasteiger partial charge on any atom is 0.164 e. The first-order valence-corrected chi connectivity index (χ1v) is 5.99. The first kappa shape index (κ1) is 12.9. The first-order chi connectivity index (χ1) is 7.54. The van der Waals surface area contributed by atoms with Crippen LogP contribution < -0.4 is 9.47 Å². The molecule has 0 bridgehead atoms. The third-order valence-corrected chi connectivity index (χ3v) is 2.16. The van der Waals surface area contributed by atoms with Gasteiger partial charge in [0, 0.05) is 0 Å². The van der Waals surface area contributed by atoms with Crippen molar-refractivity contribution in [1.29, 1.82) is 0 Å². The minimum atomic E-state index is 0.168. The highest BCUT2D eigenvalue weighted by atomic mass is 16.5. The van der Waals surface area contributed by atoms with Crippen LogP contribution in [0.3, 0.4) is 0 Å². The second kappa shape index (κ2) is 5.78. The van der Waals surface area contributed by atoms with Crippen molar-refractivity contribution in [2.24, 2.45) is 0 Å². The second-order valence-corrected chi connectivity index (χ2v) is 4.43. The van der Waals surface area contributed by atoms with Gasteiger partial charge >= 0.3 is 0 Å². The number of hydrogen-bond acceptors (Lipinski definition) is 2. The summed E-state index contributed by atoms with van der Waals surface area (Å²) in [5.74, 6) is 1.75. The fourth-order valence-corrected chi connectivity index (χ4v) is 1.56. The van der Waals surface area contributed by atoms with Crippen molar-refractivity contribution in [2.75, 3.05) is 0 Å². The van der Waals surface area contributed by atoms with E-state index in [1.165, 1.54) is 5.56 Å². The highest BCUT2D eigenvalue weighted by Gasteiger charge is 2.12. The fourth-order valence-electron chi connectivity index (χ4n) is 1.56. The fraction of sp³-hybridized carbons (Fsp3) is 0.571. The minimum absolute atomic E-state index is 0.168. The molecule has 0 unspecified atom stereocenters. The van der Waals surface area contributed by atoms with Gasteiger partial charge in [0.1, 0.15) is 0 Å². The molecule has 2 heteroatoms. The van der Waals surface area contributed by atoms with E-state index in [1.54, 1.807) is 0 Å². The summed E-state index contributed by atoms with van der Waals surface area (Å²) in [6.45, 7) is 10.2. The summed E-state index contributed by atoms with van der Waals surface area (Å²) < 4.78 is 11.6. The van der Waals surface area contributed by atoms with Crippen LogP contribution >= 0.6 is 0 Å². The van der Waals surface area contributed by atoms with Crippen molar-refractivity contribution in [3.8, 4) is 11.5 Å². The van der Waals surface area contributed by atoms with Gasteiger partial charge in [0.2, 0.25) is 0 Å². The topological polar surface area (TPSA) is 18.5 Å². The zero-order valence-electron chi connectivity index (χ0n) is 10.9. The molecule has 0 N–H and O–H groups in total. The Hall–Kier alpha value is -1.18. The highest BCUT2D eigenvalue weighted by Crippen LogP contribution is 2.33. The maximum atomic E-state index is 5.84. The molecule has 0 fully saturated rings. The number of benzene rings is 1. The van der Waals surface area contributed by atoms with Gasteiger partial charge in [-0.1, -0.05) is 19.1 Å². The van der Waals surface area contributed by atoms with E-state index >= 15 is 0 Å². The van der Waals surface area contributed by atoms with E-state index in [2.05, 4.69) is 13.0 Å². The Morgan fingerprint density at radius 1 is 1.00 bits per heavy atom. The van der Waals surface area contributed by atoms with E-state index in [1.807, 2.05) is 39.8 Å². The average molecular weight is 222 g/mol. The lowest BCUT2D eigenvalue weighted by Gasteiger charge is -2.19. The first-order valence-electron chi connectivity index (χ1n) is 5.99. The van der Waals surface area contributed by atoms with Crippen LogP contribution in [-0.4, -0.2) is 12.2 Å². The number of aryl methyl sites for hydroxylation is 1. The number of ether oxygens (including phenoxy) is 2. The number of para-hydroxylation sites is 1. The Bertz CT molecular complexity index is 330. The largest absolute Gasteiger partial charge is 0.487 e. The van der Waals surface area contributed by atoms with Crippen LogP contribution in [0.1, 0.15) is 40.2 Å². The van der Waals surface area contributed by atoms with E-state index in [-0.39, 0.29) is 12.2 Å². The van der Waals surface area contributed by atoms with Crippen molar-refractivity contribution in [2.45, 2.75) is 53.2 Å². The standard InChI is InChI=1S/C14H22O2/c1-6-12-8-7-9-13(15-10(2)3)14(12)16-11(4)5/h7-11H,6H2,1-5H3. The molecule has 0 saturated carbocycles. The Balaban J connectivity index is 3.04. The molecule has 1 aromatic rings. The highest BCUT2D eigenvalue weighted by molar-refractivity contribution is 5.46. The molecule has 2 nitrogen and oxygen atoms in total. The van der Waals surface area contributed by atoms with Crippen LogP contribution in [0, 0.1) is 0 Å². The van der Waals surface area contributed by atoms with Crippen molar-refractivity contribution < 1.29 is 9.47 Å². The van der Waals surface area contributed by atoms with Gasteiger partial charge in [0.15, 0.2) is 11.5 Å². The second-order valence-electron chi connectivity index (χ2n) is 4.43. The molecule has 0 aromatic heterocycles. The zero-order valence-corrected chi connectivity index (χ0v) is 10.9. The Morgan fingerprint density at radius 3 is 2.12 bits per heavy atom. The van der Waals surface area contributed by atoms with E-state index in [0.29, 0.717) is 0 Å². The van der Waals surface area contributed by atoms with Gasteiger partial charge in [-0.25, -0.2) is 0 Å². The summed E-state index contributed by atoms with van der Waals surface area (Å²) in [5.41, 5.74) is 1.20. The van der Waals surface area contributed by atoms with Gasteiger partial charge < -0.3 is 9.47 Å². The van der Waals surface area contributed by atoms with E-state index in [0.717, 1.165) is 17.9 Å². The predicted molar refractivity (Wildman–Crippen MR) is 67.3 cm³/mol. The number of hydrogen-bond donors (Lipinski definition) is 0. The summed E-state index contributed by atoms with van der Waals surface area (Å²) in [4.78, 5) is 0. The SMILES string of the molecule is CCc1cccc(OC(C)C)c1OC(C)C. The summed E-state index contributed by atoms with van der Waals surface area (Å²) in [5, 5.41) is 0. The van der Waals surface area contributed by atoms with Crippen LogP contribution in [0.25, 0.3) is 0 Å². The molecule has 0 atom stereocenters. The Kier molecular flexibility index (Phi) is 4.66. The van der Waals surface area contributed by atoms with Gasteiger partial charge in [-0.2, -0.15) is 0 Å². The van der Waals surface area contributed by atoms with Crippen LogP contribution in [0.2, 0.25) is 0 Å². The van der Waals surface area contributed by atoms with Crippen LogP contribution in [0.4, 0.5) is 0 Å². The summed E-state index contributed by atoms with van der Waals surface area (Å²) >= 11 is 0. The molecule has 0 heterocycles. The normalized spacial score (nSPS) is 10.9. The Labute approximate surface area is 98.6 Å². The minimum Gasteiger partial charge on any atom is -0.487 e. The smallest absolute Gasteiger partial charge is 0.164 e. The van der Waals surface area contributed by atoms with E-state index < -0.39 is 0 Å².